The van der Waals surface area contributed by atoms with Gasteiger partial charge in [-0.15, -0.1) is 0 Å². The van der Waals surface area contributed by atoms with Gasteiger partial charge in [0, 0.05) is 12.6 Å². The van der Waals surface area contributed by atoms with Crippen LogP contribution in [0.5, 0.6) is 0 Å². The zero-order valence-electron chi connectivity index (χ0n) is 16.1. The average molecular weight is 351 g/mol. The van der Waals surface area contributed by atoms with Gasteiger partial charge in [0.25, 0.3) is 0 Å². The Kier molecular flexibility index (Phi) is 5.77. The maximum atomic E-state index is 13.3. The monoisotopic (exact) mass is 350 g/mol. The van der Waals surface area contributed by atoms with Crippen LogP contribution in [0, 0.1) is 13.8 Å². The highest BCUT2D eigenvalue weighted by Gasteiger charge is 2.44. The molecule has 1 aliphatic heterocycles. The molecule has 1 unspecified atom stereocenters. The first kappa shape index (κ1) is 18.7. The van der Waals surface area contributed by atoms with E-state index < -0.39 is 5.54 Å². The first-order valence-electron chi connectivity index (χ1n) is 9.76. The molecule has 0 spiro atoms. The molecule has 0 aromatic heterocycles. The van der Waals surface area contributed by atoms with Crippen molar-refractivity contribution in [3.63, 3.8) is 0 Å². The quantitative estimate of drug-likeness (QED) is 0.831. The molecule has 0 bridgehead atoms. The standard InChI is InChI=1S/C23H30N2O/c1-4-16-24-22(26)23(20-13-8-6-11-18(20)3)15-9-14-21(25-23)19-12-7-5-10-17(19)2/h5-8,10-13,21,25H,4,9,14-16H2,1-3H3,(H,24,26)/t21?,23-/m0/s1. The third kappa shape index (κ3) is 3.54. The second-order valence-corrected chi connectivity index (χ2v) is 7.42. The highest BCUT2D eigenvalue weighted by Crippen LogP contribution is 2.39. The van der Waals surface area contributed by atoms with Gasteiger partial charge in [-0.25, -0.2) is 0 Å². The minimum Gasteiger partial charge on any atom is -0.354 e. The molecule has 0 aliphatic carbocycles. The zero-order valence-corrected chi connectivity index (χ0v) is 16.1. The van der Waals surface area contributed by atoms with E-state index in [-0.39, 0.29) is 11.9 Å². The van der Waals surface area contributed by atoms with Crippen LogP contribution >= 0.6 is 0 Å². The lowest BCUT2D eigenvalue weighted by Gasteiger charge is -2.43. The minimum absolute atomic E-state index is 0.104. The number of benzene rings is 2. The summed E-state index contributed by atoms with van der Waals surface area (Å²) >= 11 is 0. The van der Waals surface area contributed by atoms with E-state index in [1.165, 1.54) is 11.1 Å². The van der Waals surface area contributed by atoms with E-state index >= 15 is 0 Å². The van der Waals surface area contributed by atoms with E-state index in [9.17, 15) is 4.79 Å². The van der Waals surface area contributed by atoms with E-state index in [4.69, 9.17) is 0 Å². The Morgan fingerprint density at radius 1 is 1.12 bits per heavy atom. The summed E-state index contributed by atoms with van der Waals surface area (Å²) in [7, 11) is 0. The van der Waals surface area contributed by atoms with E-state index in [1.807, 2.05) is 12.1 Å². The fraction of sp³-hybridized carbons (Fsp3) is 0.435. The van der Waals surface area contributed by atoms with E-state index in [1.54, 1.807) is 0 Å². The lowest BCUT2D eigenvalue weighted by molar-refractivity contribution is -0.129. The van der Waals surface area contributed by atoms with Crippen LogP contribution in [0.1, 0.15) is 60.9 Å². The van der Waals surface area contributed by atoms with E-state index in [0.717, 1.165) is 36.8 Å². The maximum absolute atomic E-state index is 13.3. The Labute approximate surface area is 157 Å². The lowest BCUT2D eigenvalue weighted by Crippen LogP contribution is -2.57. The number of hydrogen-bond donors (Lipinski definition) is 2. The number of amides is 1. The summed E-state index contributed by atoms with van der Waals surface area (Å²) in [4.78, 5) is 13.3. The first-order chi connectivity index (χ1) is 12.6. The van der Waals surface area contributed by atoms with Crippen molar-refractivity contribution < 1.29 is 4.79 Å². The van der Waals surface area contributed by atoms with Crippen molar-refractivity contribution in [2.45, 2.75) is 58.0 Å². The number of nitrogens with one attached hydrogen (secondary N) is 2. The molecule has 1 aliphatic rings. The first-order valence-corrected chi connectivity index (χ1v) is 9.76. The molecule has 0 radical (unpaired) electrons. The number of carbonyl (C=O) groups excluding carboxylic acids is 1. The molecule has 138 valence electrons. The van der Waals surface area contributed by atoms with Crippen LogP contribution in [0.25, 0.3) is 0 Å². The Hall–Kier alpha value is -2.13. The van der Waals surface area contributed by atoms with Crippen LogP contribution in [-0.2, 0) is 10.3 Å². The van der Waals surface area contributed by atoms with Crippen LogP contribution in [-0.4, -0.2) is 12.5 Å². The van der Waals surface area contributed by atoms with Crippen LogP contribution < -0.4 is 10.6 Å². The second-order valence-electron chi connectivity index (χ2n) is 7.42. The highest BCUT2D eigenvalue weighted by molar-refractivity contribution is 5.88. The van der Waals surface area contributed by atoms with Crippen molar-refractivity contribution in [1.29, 1.82) is 0 Å². The minimum atomic E-state index is -0.661. The van der Waals surface area contributed by atoms with Gasteiger partial charge >= 0.3 is 0 Å². The second kappa shape index (κ2) is 8.05. The predicted molar refractivity (Wildman–Crippen MR) is 107 cm³/mol. The molecule has 1 heterocycles. The SMILES string of the molecule is CCCNC(=O)[C@@]1(c2ccccc2C)CCCC(c2ccccc2C)N1. The maximum Gasteiger partial charge on any atom is 0.244 e. The molecule has 2 N–H and O–H groups in total. The van der Waals surface area contributed by atoms with Gasteiger partial charge in [-0.1, -0.05) is 55.5 Å². The number of hydrogen-bond acceptors (Lipinski definition) is 2. The number of aryl methyl sites for hydroxylation is 2. The van der Waals surface area contributed by atoms with E-state index in [2.05, 4.69) is 67.8 Å². The van der Waals surface area contributed by atoms with Crippen molar-refractivity contribution in [2.24, 2.45) is 0 Å². The average Bonchev–Trinajstić information content (AvgIpc) is 2.66. The molecule has 3 rings (SSSR count). The smallest absolute Gasteiger partial charge is 0.244 e. The van der Waals surface area contributed by atoms with Gasteiger partial charge in [-0.2, -0.15) is 0 Å². The lowest BCUT2D eigenvalue weighted by atomic mass is 9.76. The summed E-state index contributed by atoms with van der Waals surface area (Å²) in [5.74, 6) is 0.104. The van der Waals surface area contributed by atoms with Gasteiger partial charge in [-0.3, -0.25) is 10.1 Å². The van der Waals surface area contributed by atoms with Crippen molar-refractivity contribution >= 4 is 5.91 Å². The van der Waals surface area contributed by atoms with Crippen LogP contribution in [0.3, 0.4) is 0 Å². The largest absolute Gasteiger partial charge is 0.354 e. The molecule has 1 saturated heterocycles. The number of carbonyl (C=O) groups is 1. The normalized spacial score (nSPS) is 22.8. The fourth-order valence-electron chi connectivity index (χ4n) is 4.18. The van der Waals surface area contributed by atoms with Crippen LogP contribution in [0.4, 0.5) is 0 Å². The zero-order chi connectivity index (χ0) is 18.6. The van der Waals surface area contributed by atoms with Crippen LogP contribution in [0.2, 0.25) is 0 Å². The van der Waals surface area contributed by atoms with Crippen molar-refractivity contribution in [2.75, 3.05) is 6.54 Å². The van der Waals surface area contributed by atoms with Crippen molar-refractivity contribution in [3.05, 3.63) is 70.8 Å². The molecular weight excluding hydrogens is 320 g/mol. The van der Waals surface area contributed by atoms with Gasteiger partial charge in [0.15, 0.2) is 0 Å². The molecule has 3 nitrogen and oxygen atoms in total. The summed E-state index contributed by atoms with van der Waals surface area (Å²) in [5, 5.41) is 6.93. The third-order valence-electron chi connectivity index (χ3n) is 5.56. The predicted octanol–water partition coefficient (Wildman–Crippen LogP) is 4.54. The molecule has 2 aromatic carbocycles. The third-order valence-corrected chi connectivity index (χ3v) is 5.56. The summed E-state index contributed by atoms with van der Waals surface area (Å²) in [6.45, 7) is 7.05. The van der Waals surface area contributed by atoms with Gasteiger partial charge in [0.2, 0.25) is 5.91 Å². The summed E-state index contributed by atoms with van der Waals surface area (Å²) < 4.78 is 0. The molecule has 0 saturated carbocycles. The fourth-order valence-corrected chi connectivity index (χ4v) is 4.18. The summed E-state index contributed by atoms with van der Waals surface area (Å²) in [5.41, 5.74) is 4.18. The van der Waals surface area contributed by atoms with E-state index in [0.29, 0.717) is 6.54 Å². The molecule has 26 heavy (non-hydrogen) atoms. The van der Waals surface area contributed by atoms with Gasteiger partial charge in [-0.05, 0) is 61.8 Å². The molecule has 1 amide bonds. The topological polar surface area (TPSA) is 41.1 Å². The van der Waals surface area contributed by atoms with Crippen molar-refractivity contribution in [1.82, 2.24) is 10.6 Å². The number of rotatable bonds is 5. The van der Waals surface area contributed by atoms with Crippen LogP contribution in [0.15, 0.2) is 48.5 Å². The van der Waals surface area contributed by atoms with Gasteiger partial charge in [0.1, 0.15) is 5.54 Å². The Balaban J connectivity index is 2.02. The molecule has 2 atom stereocenters. The Bertz CT molecular complexity index is 770. The van der Waals surface area contributed by atoms with Crippen molar-refractivity contribution in [3.8, 4) is 0 Å². The van der Waals surface area contributed by atoms with Gasteiger partial charge < -0.3 is 5.32 Å². The highest BCUT2D eigenvalue weighted by atomic mass is 16.2. The molecule has 2 aromatic rings. The summed E-state index contributed by atoms with van der Waals surface area (Å²) in [6.07, 6.45) is 3.85. The summed E-state index contributed by atoms with van der Waals surface area (Å²) in [6, 6.07) is 17.0. The number of piperidine rings is 1. The Morgan fingerprint density at radius 2 is 1.81 bits per heavy atom. The molecule has 3 heteroatoms. The Morgan fingerprint density at radius 3 is 2.50 bits per heavy atom. The van der Waals surface area contributed by atoms with Gasteiger partial charge in [0.05, 0.1) is 0 Å². The molecule has 1 fully saturated rings. The molecular formula is C23H30N2O.